The van der Waals surface area contributed by atoms with Gasteiger partial charge in [0.2, 0.25) is 0 Å². The monoisotopic (exact) mass is 276 g/mol. The Labute approximate surface area is 120 Å². The van der Waals surface area contributed by atoms with Gasteiger partial charge in [-0.1, -0.05) is 6.07 Å². The van der Waals surface area contributed by atoms with E-state index in [-0.39, 0.29) is 18.0 Å². The minimum Gasteiger partial charge on any atom is -0.481 e. The van der Waals surface area contributed by atoms with Crippen LogP contribution in [0, 0.1) is 0 Å². The van der Waals surface area contributed by atoms with Crippen LogP contribution < -0.4 is 15.8 Å². The SMILES string of the molecule is CC(C)NC(=O)C(C)Oc1ccc2c(c1)CCCC2N. The zero-order valence-electron chi connectivity index (χ0n) is 12.5. The molecule has 0 spiro atoms. The van der Waals surface area contributed by atoms with E-state index < -0.39 is 6.10 Å². The van der Waals surface area contributed by atoms with Gasteiger partial charge in [0.1, 0.15) is 5.75 Å². The Morgan fingerprint density at radius 1 is 1.40 bits per heavy atom. The lowest BCUT2D eigenvalue weighted by atomic mass is 9.88. The number of rotatable bonds is 4. The quantitative estimate of drug-likeness (QED) is 0.887. The number of fused-ring (bicyclic) bond motifs is 1. The smallest absolute Gasteiger partial charge is 0.260 e. The van der Waals surface area contributed by atoms with Crippen LogP contribution in [-0.4, -0.2) is 18.1 Å². The molecule has 1 aromatic carbocycles. The number of nitrogens with one attached hydrogen (secondary N) is 1. The third-order valence-corrected chi connectivity index (χ3v) is 3.59. The summed E-state index contributed by atoms with van der Waals surface area (Å²) in [4.78, 5) is 11.8. The normalized spacial score (nSPS) is 19.4. The van der Waals surface area contributed by atoms with Crippen LogP contribution >= 0.6 is 0 Å². The van der Waals surface area contributed by atoms with Crippen LogP contribution in [-0.2, 0) is 11.2 Å². The summed E-state index contributed by atoms with van der Waals surface area (Å²) < 4.78 is 5.73. The number of carbonyl (C=O) groups is 1. The molecule has 20 heavy (non-hydrogen) atoms. The number of hydrogen-bond donors (Lipinski definition) is 2. The molecule has 1 aliphatic carbocycles. The van der Waals surface area contributed by atoms with E-state index in [1.54, 1.807) is 6.92 Å². The van der Waals surface area contributed by atoms with Crippen molar-refractivity contribution in [2.45, 2.75) is 58.2 Å². The average Bonchev–Trinajstić information content (AvgIpc) is 2.38. The molecule has 0 heterocycles. The second-order valence-electron chi connectivity index (χ2n) is 5.78. The molecule has 2 unspecified atom stereocenters. The molecule has 0 saturated carbocycles. The summed E-state index contributed by atoms with van der Waals surface area (Å²) in [5.41, 5.74) is 8.55. The maximum absolute atomic E-state index is 11.8. The zero-order valence-corrected chi connectivity index (χ0v) is 12.5. The average molecular weight is 276 g/mol. The van der Waals surface area contributed by atoms with Crippen LogP contribution in [0.1, 0.15) is 50.8 Å². The summed E-state index contributed by atoms with van der Waals surface area (Å²) in [6, 6.07) is 6.21. The minimum atomic E-state index is -0.493. The predicted molar refractivity (Wildman–Crippen MR) is 79.7 cm³/mol. The van der Waals surface area contributed by atoms with E-state index in [2.05, 4.69) is 5.32 Å². The van der Waals surface area contributed by atoms with Gasteiger partial charge in [-0.25, -0.2) is 0 Å². The topological polar surface area (TPSA) is 64.3 Å². The van der Waals surface area contributed by atoms with E-state index >= 15 is 0 Å². The summed E-state index contributed by atoms with van der Waals surface area (Å²) in [6.07, 6.45) is 2.70. The molecular formula is C16H24N2O2. The molecule has 2 rings (SSSR count). The minimum absolute atomic E-state index is 0.0885. The summed E-state index contributed by atoms with van der Waals surface area (Å²) in [6.45, 7) is 5.64. The van der Waals surface area contributed by atoms with Crippen molar-refractivity contribution in [1.82, 2.24) is 5.32 Å². The summed E-state index contributed by atoms with van der Waals surface area (Å²) in [7, 11) is 0. The van der Waals surface area contributed by atoms with E-state index in [9.17, 15) is 4.79 Å². The fourth-order valence-electron chi connectivity index (χ4n) is 2.56. The molecule has 0 fully saturated rings. The molecule has 2 atom stereocenters. The lowest BCUT2D eigenvalue weighted by Gasteiger charge is -2.23. The fourth-order valence-corrected chi connectivity index (χ4v) is 2.56. The van der Waals surface area contributed by atoms with E-state index in [1.807, 2.05) is 32.0 Å². The molecule has 0 radical (unpaired) electrons. The van der Waals surface area contributed by atoms with E-state index in [0.717, 1.165) is 25.0 Å². The molecule has 1 aromatic rings. The molecule has 4 heteroatoms. The maximum atomic E-state index is 11.8. The summed E-state index contributed by atoms with van der Waals surface area (Å²) in [5.74, 6) is 0.652. The van der Waals surface area contributed by atoms with Crippen LogP contribution in [0.15, 0.2) is 18.2 Å². The molecule has 0 bridgehead atoms. The van der Waals surface area contributed by atoms with Crippen molar-refractivity contribution in [3.05, 3.63) is 29.3 Å². The Kier molecular flexibility index (Phi) is 4.65. The van der Waals surface area contributed by atoms with E-state index in [0.29, 0.717) is 0 Å². The van der Waals surface area contributed by atoms with Crippen LogP contribution in [0.5, 0.6) is 5.75 Å². The Bertz CT molecular complexity index is 485. The van der Waals surface area contributed by atoms with Gasteiger partial charge in [-0.05, 0) is 63.3 Å². The molecule has 0 aliphatic heterocycles. The highest BCUT2D eigenvalue weighted by Gasteiger charge is 2.19. The van der Waals surface area contributed by atoms with Crippen LogP contribution in [0.25, 0.3) is 0 Å². The molecule has 1 amide bonds. The second kappa shape index (κ2) is 6.27. The Morgan fingerprint density at radius 3 is 2.85 bits per heavy atom. The highest BCUT2D eigenvalue weighted by atomic mass is 16.5. The first-order valence-corrected chi connectivity index (χ1v) is 7.33. The predicted octanol–water partition coefficient (Wildman–Crippen LogP) is 2.31. The Hall–Kier alpha value is -1.55. The number of aryl methyl sites for hydroxylation is 1. The van der Waals surface area contributed by atoms with Gasteiger partial charge in [0.05, 0.1) is 0 Å². The highest BCUT2D eigenvalue weighted by molar-refractivity contribution is 5.80. The Morgan fingerprint density at radius 2 is 2.15 bits per heavy atom. The number of nitrogens with two attached hydrogens (primary N) is 1. The van der Waals surface area contributed by atoms with Gasteiger partial charge < -0.3 is 15.8 Å². The molecule has 4 nitrogen and oxygen atoms in total. The standard InChI is InChI=1S/C16H24N2O2/c1-10(2)18-16(19)11(3)20-13-7-8-14-12(9-13)5-4-6-15(14)17/h7-11,15H,4-6,17H2,1-3H3,(H,18,19). The molecule has 110 valence electrons. The van der Waals surface area contributed by atoms with Crippen molar-refractivity contribution in [2.24, 2.45) is 5.73 Å². The van der Waals surface area contributed by atoms with Gasteiger partial charge in [-0.15, -0.1) is 0 Å². The zero-order chi connectivity index (χ0) is 14.7. The molecule has 0 aromatic heterocycles. The van der Waals surface area contributed by atoms with Crippen molar-refractivity contribution in [3.8, 4) is 5.75 Å². The molecule has 1 aliphatic rings. The first kappa shape index (κ1) is 14.9. The van der Waals surface area contributed by atoms with Crippen molar-refractivity contribution in [3.63, 3.8) is 0 Å². The largest absolute Gasteiger partial charge is 0.481 e. The van der Waals surface area contributed by atoms with Crippen LogP contribution in [0.4, 0.5) is 0 Å². The van der Waals surface area contributed by atoms with Gasteiger partial charge >= 0.3 is 0 Å². The van der Waals surface area contributed by atoms with Gasteiger partial charge in [0.25, 0.3) is 5.91 Å². The van der Waals surface area contributed by atoms with E-state index in [4.69, 9.17) is 10.5 Å². The second-order valence-corrected chi connectivity index (χ2v) is 5.78. The van der Waals surface area contributed by atoms with E-state index in [1.165, 1.54) is 11.1 Å². The lowest BCUT2D eigenvalue weighted by molar-refractivity contribution is -0.127. The first-order valence-electron chi connectivity index (χ1n) is 7.33. The third-order valence-electron chi connectivity index (χ3n) is 3.59. The first-order chi connectivity index (χ1) is 9.47. The number of benzene rings is 1. The van der Waals surface area contributed by atoms with Gasteiger partial charge in [-0.2, -0.15) is 0 Å². The number of hydrogen-bond acceptors (Lipinski definition) is 3. The van der Waals surface area contributed by atoms with Gasteiger partial charge in [0, 0.05) is 12.1 Å². The van der Waals surface area contributed by atoms with Crippen molar-refractivity contribution in [1.29, 1.82) is 0 Å². The molecular weight excluding hydrogens is 252 g/mol. The maximum Gasteiger partial charge on any atom is 0.260 e. The number of ether oxygens (including phenoxy) is 1. The summed E-state index contributed by atoms with van der Waals surface area (Å²) in [5, 5.41) is 2.85. The Balaban J connectivity index is 2.05. The van der Waals surface area contributed by atoms with Crippen molar-refractivity contribution >= 4 is 5.91 Å². The summed E-state index contributed by atoms with van der Waals surface area (Å²) >= 11 is 0. The van der Waals surface area contributed by atoms with Crippen LogP contribution in [0.3, 0.4) is 0 Å². The van der Waals surface area contributed by atoms with Crippen LogP contribution in [0.2, 0.25) is 0 Å². The molecule has 0 saturated heterocycles. The highest BCUT2D eigenvalue weighted by Crippen LogP contribution is 2.30. The lowest BCUT2D eigenvalue weighted by Crippen LogP contribution is -2.40. The number of amides is 1. The number of carbonyl (C=O) groups excluding carboxylic acids is 1. The van der Waals surface area contributed by atoms with Gasteiger partial charge in [0.15, 0.2) is 6.10 Å². The van der Waals surface area contributed by atoms with Gasteiger partial charge in [-0.3, -0.25) is 4.79 Å². The molecule has 3 N–H and O–H groups in total. The van der Waals surface area contributed by atoms with Crippen molar-refractivity contribution in [2.75, 3.05) is 0 Å². The third kappa shape index (κ3) is 3.51. The van der Waals surface area contributed by atoms with Crippen molar-refractivity contribution < 1.29 is 9.53 Å². The fraction of sp³-hybridized carbons (Fsp3) is 0.562.